The molecule has 1 aliphatic heterocycles. The minimum atomic E-state index is -0.0342. The first-order valence-corrected chi connectivity index (χ1v) is 7.40. The fourth-order valence-electron chi connectivity index (χ4n) is 2.96. The van der Waals surface area contributed by atoms with E-state index >= 15 is 0 Å². The summed E-state index contributed by atoms with van der Waals surface area (Å²) in [5.41, 5.74) is 2.35. The van der Waals surface area contributed by atoms with Gasteiger partial charge in [0.1, 0.15) is 5.78 Å². The van der Waals surface area contributed by atoms with Gasteiger partial charge in [-0.3, -0.25) is 9.69 Å². The van der Waals surface area contributed by atoms with Crippen molar-refractivity contribution >= 4 is 5.78 Å². The lowest BCUT2D eigenvalue weighted by Gasteiger charge is -2.36. The molecule has 1 saturated heterocycles. The van der Waals surface area contributed by atoms with Crippen LogP contribution < -0.4 is 0 Å². The van der Waals surface area contributed by atoms with E-state index in [-0.39, 0.29) is 23.9 Å². The molecule has 0 bridgehead atoms. The predicted octanol–water partition coefficient (Wildman–Crippen LogP) is 2.78. The zero-order valence-electron chi connectivity index (χ0n) is 12.9. The summed E-state index contributed by atoms with van der Waals surface area (Å²) in [6, 6.07) is 8.31. The molecule has 1 aromatic rings. The Morgan fingerprint density at radius 3 is 2.30 bits per heavy atom. The number of hydrogen-bond donors (Lipinski definition) is 0. The molecule has 3 nitrogen and oxygen atoms in total. The lowest BCUT2D eigenvalue weighted by atomic mass is 9.93. The van der Waals surface area contributed by atoms with Crippen molar-refractivity contribution in [3.8, 4) is 0 Å². The second kappa shape index (κ2) is 6.51. The van der Waals surface area contributed by atoms with Crippen LogP contribution in [0.4, 0.5) is 0 Å². The van der Waals surface area contributed by atoms with E-state index < -0.39 is 0 Å². The molecule has 1 fully saturated rings. The normalized spacial score (nSPS) is 25.4. The van der Waals surface area contributed by atoms with Crippen molar-refractivity contribution in [3.63, 3.8) is 0 Å². The molecule has 0 radical (unpaired) electrons. The minimum Gasteiger partial charge on any atom is -0.373 e. The smallest absolute Gasteiger partial charge is 0.138 e. The van der Waals surface area contributed by atoms with Crippen LogP contribution in [0.25, 0.3) is 0 Å². The molecular formula is C17H25NO2. The summed E-state index contributed by atoms with van der Waals surface area (Å²) in [5.74, 6) is 0.203. The van der Waals surface area contributed by atoms with Gasteiger partial charge in [-0.2, -0.15) is 0 Å². The van der Waals surface area contributed by atoms with Crippen molar-refractivity contribution in [1.82, 2.24) is 4.90 Å². The molecule has 0 amide bonds. The summed E-state index contributed by atoms with van der Waals surface area (Å²) < 4.78 is 5.75. The number of carbonyl (C=O) groups excluding carboxylic acids is 1. The van der Waals surface area contributed by atoms with Gasteiger partial charge in [-0.25, -0.2) is 0 Å². The summed E-state index contributed by atoms with van der Waals surface area (Å²) in [6.45, 7) is 10.5. The predicted molar refractivity (Wildman–Crippen MR) is 81.1 cm³/mol. The van der Waals surface area contributed by atoms with E-state index in [4.69, 9.17) is 4.74 Å². The average molecular weight is 275 g/mol. The highest BCUT2D eigenvalue weighted by atomic mass is 16.5. The van der Waals surface area contributed by atoms with Crippen LogP contribution in [0.5, 0.6) is 0 Å². The molecule has 1 heterocycles. The van der Waals surface area contributed by atoms with Crippen molar-refractivity contribution in [2.45, 2.75) is 45.8 Å². The Kier molecular flexibility index (Phi) is 4.95. The second-order valence-electron chi connectivity index (χ2n) is 6.05. The molecule has 1 aromatic carbocycles. The van der Waals surface area contributed by atoms with Crippen LogP contribution in [0.2, 0.25) is 0 Å². The van der Waals surface area contributed by atoms with Gasteiger partial charge in [-0.05, 0) is 33.3 Å². The first-order valence-electron chi connectivity index (χ1n) is 7.40. The van der Waals surface area contributed by atoms with Crippen molar-refractivity contribution < 1.29 is 9.53 Å². The number of ether oxygens (including phenoxy) is 1. The van der Waals surface area contributed by atoms with Crippen LogP contribution in [0.15, 0.2) is 24.3 Å². The van der Waals surface area contributed by atoms with Gasteiger partial charge in [0.05, 0.1) is 18.1 Å². The van der Waals surface area contributed by atoms with Crippen LogP contribution in [-0.4, -0.2) is 42.5 Å². The Hall–Kier alpha value is -1.19. The van der Waals surface area contributed by atoms with Crippen LogP contribution in [0.3, 0.4) is 0 Å². The minimum absolute atomic E-state index is 0.0342. The van der Waals surface area contributed by atoms with E-state index in [9.17, 15) is 4.79 Å². The largest absolute Gasteiger partial charge is 0.373 e. The maximum absolute atomic E-state index is 12.0. The van der Waals surface area contributed by atoms with E-state index in [1.54, 1.807) is 6.92 Å². The van der Waals surface area contributed by atoms with Gasteiger partial charge in [0, 0.05) is 19.6 Å². The van der Waals surface area contributed by atoms with Crippen molar-refractivity contribution in [3.05, 3.63) is 35.4 Å². The second-order valence-corrected chi connectivity index (χ2v) is 6.05. The number of Topliss-reactive ketones (excluding diaryl/α,β-unsaturated/α-hetero) is 1. The molecule has 2 rings (SSSR count). The SMILES string of the molecule is CC(=O)[C@H](CN1C[C@@H](C)O[C@@H](C)C1)c1ccc(C)cc1. The number of nitrogens with zero attached hydrogens (tertiary/aromatic N) is 1. The summed E-state index contributed by atoms with van der Waals surface area (Å²) in [7, 11) is 0. The number of carbonyl (C=O) groups is 1. The number of morpholine rings is 1. The van der Waals surface area contributed by atoms with Gasteiger partial charge < -0.3 is 4.74 Å². The zero-order valence-corrected chi connectivity index (χ0v) is 12.9. The number of hydrogen-bond acceptors (Lipinski definition) is 3. The highest BCUT2D eigenvalue weighted by Gasteiger charge is 2.26. The van der Waals surface area contributed by atoms with Crippen molar-refractivity contribution in [2.24, 2.45) is 0 Å². The van der Waals surface area contributed by atoms with Crippen molar-refractivity contribution in [2.75, 3.05) is 19.6 Å². The molecule has 0 saturated carbocycles. The maximum Gasteiger partial charge on any atom is 0.138 e. The number of benzene rings is 1. The molecule has 110 valence electrons. The molecule has 3 atom stereocenters. The lowest BCUT2D eigenvalue weighted by Crippen LogP contribution is -2.47. The maximum atomic E-state index is 12.0. The molecule has 0 spiro atoms. The molecular weight excluding hydrogens is 250 g/mol. The summed E-state index contributed by atoms with van der Waals surface area (Å²) in [6.07, 6.45) is 0.480. The van der Waals surface area contributed by atoms with Crippen LogP contribution in [0.1, 0.15) is 37.8 Å². The fraction of sp³-hybridized carbons (Fsp3) is 0.588. The summed E-state index contributed by atoms with van der Waals surface area (Å²) in [4.78, 5) is 14.4. The van der Waals surface area contributed by atoms with E-state index in [0.29, 0.717) is 0 Å². The Morgan fingerprint density at radius 1 is 1.25 bits per heavy atom. The first kappa shape index (κ1) is 15.2. The van der Waals surface area contributed by atoms with Crippen LogP contribution in [0, 0.1) is 6.92 Å². The van der Waals surface area contributed by atoms with E-state index in [1.807, 2.05) is 0 Å². The van der Waals surface area contributed by atoms with Crippen molar-refractivity contribution in [1.29, 1.82) is 0 Å². The fourth-order valence-corrected chi connectivity index (χ4v) is 2.96. The Morgan fingerprint density at radius 2 is 1.80 bits per heavy atom. The first-order chi connectivity index (χ1) is 9.45. The quantitative estimate of drug-likeness (QED) is 0.846. The Labute approximate surface area is 121 Å². The lowest BCUT2D eigenvalue weighted by molar-refractivity contribution is -0.120. The van der Waals surface area contributed by atoms with Gasteiger partial charge in [0.2, 0.25) is 0 Å². The topological polar surface area (TPSA) is 29.5 Å². The number of ketones is 1. The molecule has 0 aliphatic carbocycles. The average Bonchev–Trinajstić information content (AvgIpc) is 2.36. The summed E-state index contributed by atoms with van der Waals surface area (Å²) >= 11 is 0. The third-order valence-corrected chi connectivity index (χ3v) is 3.91. The van der Waals surface area contributed by atoms with Gasteiger partial charge in [-0.1, -0.05) is 29.8 Å². The van der Waals surface area contributed by atoms with E-state index in [2.05, 4.69) is 49.9 Å². The van der Waals surface area contributed by atoms with Gasteiger partial charge in [0.25, 0.3) is 0 Å². The third kappa shape index (κ3) is 3.90. The highest BCUT2D eigenvalue weighted by Crippen LogP contribution is 2.21. The molecule has 0 N–H and O–H groups in total. The van der Waals surface area contributed by atoms with E-state index in [0.717, 1.165) is 25.2 Å². The monoisotopic (exact) mass is 275 g/mol. The van der Waals surface area contributed by atoms with Gasteiger partial charge in [0.15, 0.2) is 0 Å². The molecule has 3 heteroatoms. The highest BCUT2D eigenvalue weighted by molar-refractivity contribution is 5.83. The molecule has 0 unspecified atom stereocenters. The van der Waals surface area contributed by atoms with Gasteiger partial charge >= 0.3 is 0 Å². The van der Waals surface area contributed by atoms with Gasteiger partial charge in [-0.15, -0.1) is 0 Å². The molecule has 20 heavy (non-hydrogen) atoms. The number of rotatable bonds is 4. The van der Waals surface area contributed by atoms with Crippen LogP contribution in [-0.2, 0) is 9.53 Å². The Bertz CT molecular complexity index is 445. The Balaban J connectivity index is 2.09. The third-order valence-electron chi connectivity index (χ3n) is 3.91. The number of aryl methyl sites for hydroxylation is 1. The van der Waals surface area contributed by atoms with Crippen LogP contribution >= 0.6 is 0 Å². The molecule has 0 aromatic heterocycles. The molecule has 1 aliphatic rings. The standard InChI is InChI=1S/C17H25NO2/c1-12-5-7-16(8-6-12)17(15(4)19)11-18-9-13(2)20-14(3)10-18/h5-8,13-14,17H,9-11H2,1-4H3/t13-,14+,17-/m0/s1. The van der Waals surface area contributed by atoms with E-state index in [1.165, 1.54) is 5.56 Å². The zero-order chi connectivity index (χ0) is 14.7. The summed E-state index contributed by atoms with van der Waals surface area (Å²) in [5, 5.41) is 0.